The monoisotopic (exact) mass is 422 g/mol. The van der Waals surface area contributed by atoms with Crippen molar-refractivity contribution in [1.29, 1.82) is 0 Å². The first-order valence-corrected chi connectivity index (χ1v) is 10.3. The van der Waals surface area contributed by atoms with E-state index in [9.17, 15) is 9.59 Å². The van der Waals surface area contributed by atoms with Gasteiger partial charge in [-0.1, -0.05) is 11.8 Å². The summed E-state index contributed by atoms with van der Waals surface area (Å²) in [6.45, 7) is 4.94. The van der Waals surface area contributed by atoms with Crippen LogP contribution >= 0.6 is 24.0 Å². The molecule has 8 heteroatoms. The SMILES string of the molecule is CC(=O)NCCc1c[nH]c2cc(C(=S)OCC[N+](C)(C)C)c(SC(C)=O)cc12. The first-order chi connectivity index (χ1) is 13.1. The Morgan fingerprint density at radius 2 is 1.96 bits per heavy atom. The molecular formula is C20H28N3O3S2+. The second-order valence-electron chi connectivity index (χ2n) is 7.68. The van der Waals surface area contributed by atoms with Crippen molar-refractivity contribution in [3.8, 4) is 0 Å². The Balaban J connectivity index is 2.27. The van der Waals surface area contributed by atoms with E-state index in [-0.39, 0.29) is 11.0 Å². The van der Waals surface area contributed by atoms with E-state index in [0.29, 0.717) is 24.6 Å². The van der Waals surface area contributed by atoms with E-state index in [4.69, 9.17) is 17.0 Å². The summed E-state index contributed by atoms with van der Waals surface area (Å²) in [7, 11) is 6.28. The lowest BCUT2D eigenvalue weighted by molar-refractivity contribution is -0.870. The lowest BCUT2D eigenvalue weighted by Gasteiger charge is -2.23. The second-order valence-corrected chi connectivity index (χ2v) is 9.27. The summed E-state index contributed by atoms with van der Waals surface area (Å²) in [5, 5.41) is 4.21. The van der Waals surface area contributed by atoms with Crippen LogP contribution in [0.1, 0.15) is 25.0 Å². The molecule has 0 aliphatic heterocycles. The Morgan fingerprint density at radius 3 is 2.57 bits per heavy atom. The Bertz CT molecular complexity index is 885. The van der Waals surface area contributed by atoms with E-state index in [1.54, 1.807) is 0 Å². The standard InChI is InChI=1S/C20H27N3O3S2/c1-13(24)21-7-6-15-12-22-18-10-17(19(11-16(15)18)28-14(2)25)20(27)26-9-8-23(3,4)5/h10-12H,6-9H2,1-5H3,(H-,21,22,24,27)/p+1. The van der Waals surface area contributed by atoms with Gasteiger partial charge in [-0.2, -0.15) is 0 Å². The van der Waals surface area contributed by atoms with Crippen molar-refractivity contribution < 1.29 is 18.8 Å². The van der Waals surface area contributed by atoms with Gasteiger partial charge in [0.15, 0.2) is 10.2 Å². The Labute approximate surface area is 175 Å². The number of hydrogen-bond donors (Lipinski definition) is 2. The highest BCUT2D eigenvalue weighted by Gasteiger charge is 2.17. The van der Waals surface area contributed by atoms with Crippen molar-refractivity contribution in [1.82, 2.24) is 10.3 Å². The van der Waals surface area contributed by atoms with Crippen molar-refractivity contribution in [2.24, 2.45) is 0 Å². The fourth-order valence-electron chi connectivity index (χ4n) is 2.68. The lowest BCUT2D eigenvalue weighted by atomic mass is 10.1. The molecule has 0 unspecified atom stereocenters. The average molecular weight is 423 g/mol. The average Bonchev–Trinajstić information content (AvgIpc) is 2.94. The van der Waals surface area contributed by atoms with Gasteiger partial charge >= 0.3 is 0 Å². The third-order valence-electron chi connectivity index (χ3n) is 4.10. The number of thioether (sulfide) groups is 1. The number of fused-ring (bicyclic) bond motifs is 1. The highest BCUT2D eigenvalue weighted by Crippen LogP contribution is 2.31. The fourth-order valence-corrected chi connectivity index (χ4v) is 3.74. The number of nitrogens with zero attached hydrogens (tertiary/aromatic N) is 1. The first-order valence-electron chi connectivity index (χ1n) is 9.11. The number of rotatable bonds is 8. The van der Waals surface area contributed by atoms with Crippen molar-refractivity contribution in [3.63, 3.8) is 0 Å². The minimum Gasteiger partial charge on any atom is -0.477 e. The molecule has 0 atom stereocenters. The molecule has 152 valence electrons. The Morgan fingerprint density at radius 1 is 1.25 bits per heavy atom. The number of benzene rings is 1. The summed E-state index contributed by atoms with van der Waals surface area (Å²) in [5.41, 5.74) is 2.76. The number of carbonyl (C=O) groups is 2. The zero-order valence-electron chi connectivity index (χ0n) is 17.0. The number of nitrogens with one attached hydrogen (secondary N) is 2. The summed E-state index contributed by atoms with van der Waals surface area (Å²) in [6.07, 6.45) is 2.63. The summed E-state index contributed by atoms with van der Waals surface area (Å²) in [6, 6.07) is 3.92. The molecule has 0 aliphatic rings. The minimum absolute atomic E-state index is 0.00918. The highest BCUT2D eigenvalue weighted by molar-refractivity contribution is 8.13. The second kappa shape index (κ2) is 9.54. The topological polar surface area (TPSA) is 71.2 Å². The van der Waals surface area contributed by atoms with Crippen LogP contribution < -0.4 is 5.32 Å². The van der Waals surface area contributed by atoms with Gasteiger partial charge in [0.05, 0.1) is 21.1 Å². The lowest BCUT2D eigenvalue weighted by Crippen LogP contribution is -2.37. The van der Waals surface area contributed by atoms with Crippen LogP contribution in [-0.4, -0.2) is 66.4 Å². The van der Waals surface area contributed by atoms with E-state index >= 15 is 0 Å². The molecule has 0 saturated heterocycles. The molecule has 28 heavy (non-hydrogen) atoms. The van der Waals surface area contributed by atoms with E-state index in [0.717, 1.165) is 49.7 Å². The maximum atomic E-state index is 11.8. The highest BCUT2D eigenvalue weighted by atomic mass is 32.2. The summed E-state index contributed by atoms with van der Waals surface area (Å²) >= 11 is 6.66. The number of H-pyrrole nitrogens is 1. The van der Waals surface area contributed by atoms with Crippen LogP contribution in [0.25, 0.3) is 10.9 Å². The van der Waals surface area contributed by atoms with Crippen molar-refractivity contribution in [2.45, 2.75) is 25.2 Å². The van der Waals surface area contributed by atoms with Gasteiger partial charge < -0.3 is 19.5 Å². The molecule has 1 aromatic heterocycles. The number of hydrogen-bond acceptors (Lipinski definition) is 5. The van der Waals surface area contributed by atoms with Crippen LogP contribution in [0, 0.1) is 0 Å². The van der Waals surface area contributed by atoms with Crippen LogP contribution in [0.3, 0.4) is 0 Å². The van der Waals surface area contributed by atoms with Gasteiger partial charge in [0.1, 0.15) is 13.2 Å². The van der Waals surface area contributed by atoms with Gasteiger partial charge in [-0.25, -0.2) is 0 Å². The Hall–Kier alpha value is -1.90. The molecule has 1 heterocycles. The summed E-state index contributed by atoms with van der Waals surface area (Å²) < 4.78 is 6.59. The maximum absolute atomic E-state index is 11.8. The molecule has 0 bridgehead atoms. The number of quaternary nitrogens is 1. The normalized spacial score (nSPS) is 11.5. The molecule has 0 saturated carbocycles. The number of likely N-dealkylation sites (N-methyl/N-ethyl adjacent to an activating group) is 1. The molecule has 1 aromatic carbocycles. The van der Waals surface area contributed by atoms with Gasteiger partial charge in [-0.15, -0.1) is 0 Å². The van der Waals surface area contributed by atoms with Crippen LogP contribution in [-0.2, 0) is 20.7 Å². The quantitative estimate of drug-likeness (QED) is 0.389. The van der Waals surface area contributed by atoms with Gasteiger partial charge in [0.25, 0.3) is 0 Å². The van der Waals surface area contributed by atoms with Gasteiger partial charge in [0, 0.05) is 48.0 Å². The molecule has 1 amide bonds. The zero-order chi connectivity index (χ0) is 20.9. The largest absolute Gasteiger partial charge is 0.477 e. The van der Waals surface area contributed by atoms with Crippen molar-refractivity contribution in [3.05, 3.63) is 29.5 Å². The van der Waals surface area contributed by atoms with Gasteiger partial charge in [0.2, 0.25) is 5.91 Å². The molecule has 2 aromatic rings. The summed E-state index contributed by atoms with van der Waals surface area (Å²) in [5.74, 6) is -0.0497. The number of aromatic nitrogens is 1. The van der Waals surface area contributed by atoms with Gasteiger partial charge in [-0.05, 0) is 36.3 Å². The minimum atomic E-state index is -0.0497. The van der Waals surface area contributed by atoms with Crippen LogP contribution in [0.5, 0.6) is 0 Å². The molecule has 0 aliphatic carbocycles. The third kappa shape index (κ3) is 6.61. The Kier molecular flexibility index (Phi) is 7.63. The predicted molar refractivity (Wildman–Crippen MR) is 118 cm³/mol. The zero-order valence-corrected chi connectivity index (χ0v) is 18.7. The fraction of sp³-hybridized carbons (Fsp3) is 0.450. The van der Waals surface area contributed by atoms with E-state index in [1.807, 2.05) is 18.3 Å². The third-order valence-corrected chi connectivity index (χ3v) is 5.29. The molecular weight excluding hydrogens is 394 g/mol. The number of amides is 1. The number of carbonyl (C=O) groups excluding carboxylic acids is 2. The van der Waals surface area contributed by atoms with E-state index in [2.05, 4.69) is 31.4 Å². The number of aromatic amines is 1. The first kappa shape index (κ1) is 22.4. The van der Waals surface area contributed by atoms with E-state index in [1.165, 1.54) is 13.8 Å². The maximum Gasteiger partial charge on any atom is 0.216 e. The smallest absolute Gasteiger partial charge is 0.216 e. The van der Waals surface area contributed by atoms with Crippen LogP contribution in [0.4, 0.5) is 0 Å². The van der Waals surface area contributed by atoms with Crippen molar-refractivity contribution >= 4 is 51.0 Å². The molecule has 0 spiro atoms. The number of ether oxygens (including phenoxy) is 1. The molecule has 0 radical (unpaired) electrons. The molecule has 2 N–H and O–H groups in total. The van der Waals surface area contributed by atoms with E-state index < -0.39 is 0 Å². The molecule has 2 rings (SSSR count). The van der Waals surface area contributed by atoms with Crippen molar-refractivity contribution in [2.75, 3.05) is 40.8 Å². The van der Waals surface area contributed by atoms with Crippen LogP contribution in [0.15, 0.2) is 23.2 Å². The predicted octanol–water partition coefficient (Wildman–Crippen LogP) is 2.88. The molecule has 0 fully saturated rings. The summed E-state index contributed by atoms with van der Waals surface area (Å²) in [4.78, 5) is 26.9. The van der Waals surface area contributed by atoms with Crippen LogP contribution in [0.2, 0.25) is 0 Å². The number of thiocarbonyl (C=S) groups is 1. The van der Waals surface area contributed by atoms with Gasteiger partial charge in [-0.3, -0.25) is 9.59 Å². The molecule has 6 nitrogen and oxygen atoms in total.